The summed E-state index contributed by atoms with van der Waals surface area (Å²) >= 11 is 0. The average Bonchev–Trinajstić information content (AvgIpc) is 3.53. The number of amides is 1. The molecule has 7 heteroatoms. The molecule has 0 radical (unpaired) electrons. The van der Waals surface area contributed by atoms with Gasteiger partial charge in [-0.25, -0.2) is 15.0 Å². The van der Waals surface area contributed by atoms with E-state index in [2.05, 4.69) is 16.9 Å². The lowest BCUT2D eigenvalue weighted by Crippen LogP contribution is -2.45. The van der Waals surface area contributed by atoms with E-state index in [0.717, 1.165) is 60.5 Å². The van der Waals surface area contributed by atoms with Crippen molar-refractivity contribution in [3.8, 4) is 5.75 Å². The molecule has 1 aliphatic carbocycles. The molecule has 1 amide bonds. The van der Waals surface area contributed by atoms with E-state index < -0.39 is 0 Å². The first-order chi connectivity index (χ1) is 15.5. The normalized spacial score (nSPS) is 18.8. The Labute approximate surface area is 188 Å². The van der Waals surface area contributed by atoms with Crippen molar-refractivity contribution in [3.05, 3.63) is 53.0 Å². The number of fused-ring (bicyclic) bond motifs is 1. The predicted molar refractivity (Wildman–Crippen MR) is 122 cm³/mol. The second-order valence-electron chi connectivity index (χ2n) is 9.32. The SMILES string of the molecule is Cc1ccc(OCC2CC2)c(C(=O)N2CCCC[C@H]2Cc2cn3cnc(C)c(C)c3n2)n1. The molecular formula is C25H31N5O2. The first-order valence-electron chi connectivity index (χ1n) is 11.7. The number of piperidine rings is 1. The van der Waals surface area contributed by atoms with Gasteiger partial charge in [-0.2, -0.15) is 0 Å². The molecule has 1 saturated heterocycles. The molecule has 0 unspecified atom stereocenters. The van der Waals surface area contributed by atoms with E-state index in [1.54, 1.807) is 0 Å². The molecule has 1 saturated carbocycles. The van der Waals surface area contributed by atoms with Gasteiger partial charge in [-0.15, -0.1) is 0 Å². The lowest BCUT2D eigenvalue weighted by atomic mass is 9.97. The molecule has 168 valence electrons. The number of nitrogens with zero attached hydrogens (tertiary/aromatic N) is 5. The molecule has 2 aliphatic rings. The van der Waals surface area contributed by atoms with Crippen LogP contribution in [0.25, 0.3) is 5.65 Å². The van der Waals surface area contributed by atoms with Crippen molar-refractivity contribution >= 4 is 11.6 Å². The third-order valence-electron chi connectivity index (χ3n) is 6.74. The van der Waals surface area contributed by atoms with E-state index in [1.165, 1.54) is 12.8 Å². The number of aromatic nitrogens is 4. The lowest BCUT2D eigenvalue weighted by Gasteiger charge is -2.35. The van der Waals surface area contributed by atoms with Crippen molar-refractivity contribution in [3.63, 3.8) is 0 Å². The molecule has 0 bridgehead atoms. The Morgan fingerprint density at radius 1 is 1.12 bits per heavy atom. The van der Waals surface area contributed by atoms with Gasteiger partial charge in [0, 0.05) is 42.2 Å². The number of ether oxygens (including phenoxy) is 1. The van der Waals surface area contributed by atoms with Crippen molar-refractivity contribution in [2.24, 2.45) is 5.92 Å². The first-order valence-corrected chi connectivity index (χ1v) is 11.7. The molecule has 5 rings (SSSR count). The lowest BCUT2D eigenvalue weighted by molar-refractivity contribution is 0.0601. The number of imidazole rings is 1. The van der Waals surface area contributed by atoms with Crippen LogP contribution in [0, 0.1) is 26.7 Å². The topological polar surface area (TPSA) is 72.6 Å². The summed E-state index contributed by atoms with van der Waals surface area (Å²) < 4.78 is 8.00. The molecule has 0 aromatic carbocycles. The zero-order valence-corrected chi connectivity index (χ0v) is 19.2. The van der Waals surface area contributed by atoms with Crippen molar-refractivity contribution < 1.29 is 9.53 Å². The standard InChI is InChI=1S/C25H31N5O2/c1-16-7-10-22(32-14-19-8-9-19)23(27-16)25(31)30-11-5-4-6-21(30)12-20-13-29-15-26-18(3)17(2)24(29)28-20/h7,10,13,15,19,21H,4-6,8-9,11-12,14H2,1-3H3/t21-/m0/s1. The van der Waals surface area contributed by atoms with E-state index in [4.69, 9.17) is 9.72 Å². The highest BCUT2D eigenvalue weighted by Gasteiger charge is 2.31. The van der Waals surface area contributed by atoms with Crippen molar-refractivity contribution in [2.75, 3.05) is 13.2 Å². The molecule has 1 aliphatic heterocycles. The third-order valence-corrected chi connectivity index (χ3v) is 6.74. The Balaban J connectivity index is 1.39. The summed E-state index contributed by atoms with van der Waals surface area (Å²) in [6.45, 7) is 7.39. The highest BCUT2D eigenvalue weighted by Crippen LogP contribution is 2.31. The van der Waals surface area contributed by atoms with Crippen LogP contribution in [0.2, 0.25) is 0 Å². The molecule has 4 heterocycles. The average molecular weight is 434 g/mol. The quantitative estimate of drug-likeness (QED) is 0.586. The van der Waals surface area contributed by atoms with Gasteiger partial charge in [-0.1, -0.05) is 0 Å². The number of pyridine rings is 1. The van der Waals surface area contributed by atoms with Gasteiger partial charge in [0.2, 0.25) is 0 Å². The molecule has 1 atom stereocenters. The minimum atomic E-state index is -0.0262. The highest BCUT2D eigenvalue weighted by molar-refractivity contribution is 5.95. The third kappa shape index (κ3) is 4.20. The number of carbonyl (C=O) groups excluding carboxylic acids is 1. The van der Waals surface area contributed by atoms with E-state index in [0.29, 0.717) is 24.0 Å². The monoisotopic (exact) mass is 433 g/mol. The van der Waals surface area contributed by atoms with E-state index in [1.807, 2.05) is 47.8 Å². The van der Waals surface area contributed by atoms with Crippen LogP contribution in [0.4, 0.5) is 0 Å². The fourth-order valence-electron chi connectivity index (χ4n) is 4.48. The van der Waals surface area contributed by atoms with Crippen LogP contribution < -0.4 is 4.74 Å². The minimum absolute atomic E-state index is 0.0262. The minimum Gasteiger partial charge on any atom is -0.491 e. The van der Waals surface area contributed by atoms with E-state index >= 15 is 0 Å². The summed E-state index contributed by atoms with van der Waals surface area (Å²) in [5, 5.41) is 0. The fourth-order valence-corrected chi connectivity index (χ4v) is 4.48. The number of hydrogen-bond donors (Lipinski definition) is 0. The van der Waals surface area contributed by atoms with Crippen LogP contribution >= 0.6 is 0 Å². The molecule has 7 nitrogen and oxygen atoms in total. The fraction of sp³-hybridized carbons (Fsp3) is 0.520. The van der Waals surface area contributed by atoms with Gasteiger partial charge in [0.1, 0.15) is 12.0 Å². The van der Waals surface area contributed by atoms with Crippen molar-refractivity contribution in [1.29, 1.82) is 0 Å². The molecule has 3 aromatic rings. The molecular weight excluding hydrogens is 402 g/mol. The van der Waals surface area contributed by atoms with E-state index in [9.17, 15) is 4.79 Å². The molecule has 32 heavy (non-hydrogen) atoms. The number of aryl methyl sites for hydroxylation is 3. The second kappa shape index (κ2) is 8.52. The summed E-state index contributed by atoms with van der Waals surface area (Å²) in [7, 11) is 0. The zero-order chi connectivity index (χ0) is 22.2. The van der Waals surface area contributed by atoms with Gasteiger partial charge in [-0.05, 0) is 70.9 Å². The maximum atomic E-state index is 13.7. The predicted octanol–water partition coefficient (Wildman–Crippen LogP) is 4.08. The Hall–Kier alpha value is -2.96. The summed E-state index contributed by atoms with van der Waals surface area (Å²) in [6, 6.07) is 3.92. The van der Waals surface area contributed by atoms with Crippen molar-refractivity contribution in [2.45, 2.75) is 65.3 Å². The first kappa shape index (κ1) is 20.9. The van der Waals surface area contributed by atoms with Crippen LogP contribution in [0.15, 0.2) is 24.7 Å². The molecule has 0 spiro atoms. The maximum absolute atomic E-state index is 13.7. The Kier molecular flexibility index (Phi) is 5.57. The molecule has 0 N–H and O–H groups in total. The summed E-state index contributed by atoms with van der Waals surface area (Å²) in [5.41, 5.74) is 5.30. The smallest absolute Gasteiger partial charge is 0.276 e. The van der Waals surface area contributed by atoms with E-state index in [-0.39, 0.29) is 11.9 Å². The van der Waals surface area contributed by atoms with Crippen LogP contribution in [0.1, 0.15) is 65.2 Å². The van der Waals surface area contributed by atoms with Gasteiger partial charge in [0.05, 0.1) is 12.3 Å². The van der Waals surface area contributed by atoms with Crippen LogP contribution in [-0.2, 0) is 6.42 Å². The van der Waals surface area contributed by atoms with Gasteiger partial charge in [-0.3, -0.25) is 9.20 Å². The molecule has 3 aromatic heterocycles. The Morgan fingerprint density at radius 2 is 1.97 bits per heavy atom. The number of hydrogen-bond acceptors (Lipinski definition) is 5. The number of rotatable bonds is 6. The second-order valence-corrected chi connectivity index (χ2v) is 9.32. The molecule has 2 fully saturated rings. The van der Waals surface area contributed by atoms with Gasteiger partial charge in [0.15, 0.2) is 11.4 Å². The van der Waals surface area contributed by atoms with Crippen LogP contribution in [0.5, 0.6) is 5.75 Å². The number of carbonyl (C=O) groups is 1. The van der Waals surface area contributed by atoms with Gasteiger partial charge in [0.25, 0.3) is 5.91 Å². The van der Waals surface area contributed by atoms with Crippen LogP contribution in [0.3, 0.4) is 0 Å². The van der Waals surface area contributed by atoms with Crippen molar-refractivity contribution in [1.82, 2.24) is 24.3 Å². The Bertz CT molecular complexity index is 1150. The summed E-state index contributed by atoms with van der Waals surface area (Å²) in [6.07, 6.45) is 10.1. The highest BCUT2D eigenvalue weighted by atomic mass is 16.5. The summed E-state index contributed by atoms with van der Waals surface area (Å²) in [5.74, 6) is 1.21. The van der Waals surface area contributed by atoms with Gasteiger partial charge >= 0.3 is 0 Å². The van der Waals surface area contributed by atoms with Crippen LogP contribution in [-0.4, -0.2) is 49.4 Å². The zero-order valence-electron chi connectivity index (χ0n) is 19.2. The number of likely N-dealkylation sites (tertiary alicyclic amines) is 1. The maximum Gasteiger partial charge on any atom is 0.276 e. The largest absolute Gasteiger partial charge is 0.491 e. The Morgan fingerprint density at radius 3 is 2.78 bits per heavy atom. The summed E-state index contributed by atoms with van der Waals surface area (Å²) in [4.78, 5) is 29.6. The van der Waals surface area contributed by atoms with Gasteiger partial charge < -0.3 is 9.64 Å².